The molecule has 2 N–H and O–H groups in total. The summed E-state index contributed by atoms with van der Waals surface area (Å²) in [6.45, 7) is 4.23. The Morgan fingerprint density at radius 2 is 2.00 bits per heavy atom. The van der Waals surface area contributed by atoms with Crippen LogP contribution < -0.4 is 5.73 Å². The Kier molecular flexibility index (Phi) is 3.06. The van der Waals surface area contributed by atoms with Crippen LogP contribution in [0.5, 0.6) is 0 Å². The molecule has 0 radical (unpaired) electrons. The second-order valence-electron chi connectivity index (χ2n) is 3.79. The van der Waals surface area contributed by atoms with E-state index in [0.29, 0.717) is 5.13 Å². The van der Waals surface area contributed by atoms with Crippen LogP contribution in [0, 0.1) is 13.8 Å². The summed E-state index contributed by atoms with van der Waals surface area (Å²) in [6, 6.07) is 6.40. The normalized spacial score (nSPS) is 11.1. The van der Waals surface area contributed by atoms with Gasteiger partial charge < -0.3 is 5.73 Å². The summed E-state index contributed by atoms with van der Waals surface area (Å²) in [7, 11) is 0. The zero-order valence-corrected chi connectivity index (χ0v) is 10.2. The number of nitrogens with zero attached hydrogens (tertiary/aromatic N) is 1. The SMILES string of the molecule is Cc1ccc(C=Cc2csc(N)n2)cc1C. The number of hydrogen-bond acceptors (Lipinski definition) is 3. The molecule has 16 heavy (non-hydrogen) atoms. The Morgan fingerprint density at radius 1 is 1.19 bits per heavy atom. The summed E-state index contributed by atoms with van der Waals surface area (Å²) < 4.78 is 0. The van der Waals surface area contributed by atoms with E-state index in [1.165, 1.54) is 28.0 Å². The minimum atomic E-state index is 0.611. The largest absolute Gasteiger partial charge is 0.375 e. The van der Waals surface area contributed by atoms with Crippen molar-refractivity contribution in [3.63, 3.8) is 0 Å². The Labute approximate surface area is 99.5 Å². The van der Waals surface area contributed by atoms with Gasteiger partial charge in [0.15, 0.2) is 5.13 Å². The molecule has 1 aromatic heterocycles. The minimum absolute atomic E-state index is 0.611. The fraction of sp³-hybridized carbons (Fsp3) is 0.154. The predicted molar refractivity (Wildman–Crippen MR) is 71.4 cm³/mol. The molecule has 0 aliphatic heterocycles. The minimum Gasteiger partial charge on any atom is -0.375 e. The summed E-state index contributed by atoms with van der Waals surface area (Å²) in [6.07, 6.45) is 4.04. The number of benzene rings is 1. The molecule has 1 aromatic carbocycles. The summed E-state index contributed by atoms with van der Waals surface area (Å²) in [4.78, 5) is 4.18. The lowest BCUT2D eigenvalue weighted by atomic mass is 10.1. The van der Waals surface area contributed by atoms with Gasteiger partial charge in [-0.15, -0.1) is 11.3 Å². The number of anilines is 1. The number of hydrogen-bond donors (Lipinski definition) is 1. The van der Waals surface area contributed by atoms with Gasteiger partial charge in [-0.3, -0.25) is 0 Å². The number of nitrogen functional groups attached to an aromatic ring is 1. The number of aryl methyl sites for hydroxylation is 2. The molecule has 2 aromatic rings. The lowest BCUT2D eigenvalue weighted by Crippen LogP contribution is -1.82. The van der Waals surface area contributed by atoms with E-state index in [-0.39, 0.29) is 0 Å². The lowest BCUT2D eigenvalue weighted by molar-refractivity contribution is 1.33. The van der Waals surface area contributed by atoms with Crippen LogP contribution in [0.2, 0.25) is 0 Å². The molecule has 82 valence electrons. The zero-order valence-electron chi connectivity index (χ0n) is 9.40. The molecule has 1 heterocycles. The van der Waals surface area contributed by atoms with Crippen LogP contribution in [-0.4, -0.2) is 4.98 Å². The van der Waals surface area contributed by atoms with E-state index in [9.17, 15) is 0 Å². The third-order valence-corrected chi connectivity index (χ3v) is 3.21. The van der Waals surface area contributed by atoms with E-state index >= 15 is 0 Å². The maximum atomic E-state index is 5.57. The van der Waals surface area contributed by atoms with E-state index in [4.69, 9.17) is 5.73 Å². The highest BCUT2D eigenvalue weighted by molar-refractivity contribution is 7.13. The highest BCUT2D eigenvalue weighted by Crippen LogP contribution is 2.15. The molecule has 3 heteroatoms. The van der Waals surface area contributed by atoms with Crippen LogP contribution in [0.4, 0.5) is 5.13 Å². The Bertz CT molecular complexity index is 526. The molecular formula is C13H14N2S. The molecule has 0 bridgehead atoms. The first-order valence-electron chi connectivity index (χ1n) is 5.11. The standard InChI is InChI=1S/C13H14N2S/c1-9-3-4-11(7-10(9)2)5-6-12-8-16-13(14)15-12/h3-8H,1-2H3,(H2,14,15). The van der Waals surface area contributed by atoms with Crippen molar-refractivity contribution in [2.45, 2.75) is 13.8 Å². The molecule has 0 saturated heterocycles. The number of thiazole rings is 1. The maximum absolute atomic E-state index is 5.57. The molecule has 0 spiro atoms. The Morgan fingerprint density at radius 3 is 2.62 bits per heavy atom. The fourth-order valence-electron chi connectivity index (χ4n) is 1.43. The zero-order chi connectivity index (χ0) is 11.5. The van der Waals surface area contributed by atoms with E-state index in [2.05, 4.69) is 43.1 Å². The summed E-state index contributed by atoms with van der Waals surface area (Å²) in [5, 5.41) is 2.56. The smallest absolute Gasteiger partial charge is 0.180 e. The Balaban J connectivity index is 2.20. The van der Waals surface area contributed by atoms with Gasteiger partial charge in [-0.2, -0.15) is 0 Å². The number of nitrogens with two attached hydrogens (primary N) is 1. The molecule has 0 atom stereocenters. The average Bonchev–Trinajstić information content (AvgIpc) is 2.66. The number of aromatic nitrogens is 1. The molecule has 0 amide bonds. The third-order valence-electron chi connectivity index (χ3n) is 2.52. The van der Waals surface area contributed by atoms with Crippen molar-refractivity contribution in [1.29, 1.82) is 0 Å². The van der Waals surface area contributed by atoms with Gasteiger partial charge in [0, 0.05) is 5.38 Å². The van der Waals surface area contributed by atoms with Crippen molar-refractivity contribution in [3.05, 3.63) is 46.0 Å². The maximum Gasteiger partial charge on any atom is 0.180 e. The molecule has 2 nitrogen and oxygen atoms in total. The molecule has 0 unspecified atom stereocenters. The van der Waals surface area contributed by atoms with Crippen LogP contribution in [0.1, 0.15) is 22.4 Å². The first-order valence-corrected chi connectivity index (χ1v) is 5.99. The topological polar surface area (TPSA) is 38.9 Å². The van der Waals surface area contributed by atoms with Crippen LogP contribution >= 0.6 is 11.3 Å². The van der Waals surface area contributed by atoms with E-state index in [1.807, 2.05) is 11.5 Å². The summed E-state index contributed by atoms with van der Waals surface area (Å²) in [5.41, 5.74) is 10.3. The first-order chi connectivity index (χ1) is 7.65. The van der Waals surface area contributed by atoms with Gasteiger partial charge >= 0.3 is 0 Å². The summed E-state index contributed by atoms with van der Waals surface area (Å²) in [5.74, 6) is 0. The monoisotopic (exact) mass is 230 g/mol. The quantitative estimate of drug-likeness (QED) is 0.857. The third kappa shape index (κ3) is 2.49. The van der Waals surface area contributed by atoms with E-state index < -0.39 is 0 Å². The van der Waals surface area contributed by atoms with Gasteiger partial charge in [-0.05, 0) is 36.6 Å². The summed E-state index contributed by atoms with van der Waals surface area (Å²) >= 11 is 1.46. The van der Waals surface area contributed by atoms with Crippen molar-refractivity contribution in [2.24, 2.45) is 0 Å². The second-order valence-corrected chi connectivity index (χ2v) is 4.68. The molecule has 0 saturated carbocycles. The van der Waals surface area contributed by atoms with Crippen molar-refractivity contribution in [2.75, 3.05) is 5.73 Å². The van der Waals surface area contributed by atoms with Crippen molar-refractivity contribution in [1.82, 2.24) is 4.98 Å². The van der Waals surface area contributed by atoms with Crippen LogP contribution in [0.25, 0.3) is 12.2 Å². The highest BCUT2D eigenvalue weighted by atomic mass is 32.1. The predicted octanol–water partition coefficient (Wildman–Crippen LogP) is 3.51. The Hall–Kier alpha value is -1.61. The number of rotatable bonds is 2. The van der Waals surface area contributed by atoms with E-state index in [0.717, 1.165) is 5.69 Å². The van der Waals surface area contributed by atoms with Gasteiger partial charge in [0.25, 0.3) is 0 Å². The molecular weight excluding hydrogens is 216 g/mol. The van der Waals surface area contributed by atoms with Crippen molar-refractivity contribution < 1.29 is 0 Å². The van der Waals surface area contributed by atoms with Gasteiger partial charge in [0.05, 0.1) is 5.69 Å². The first kappa shape index (κ1) is 10.9. The van der Waals surface area contributed by atoms with Gasteiger partial charge in [-0.1, -0.05) is 24.3 Å². The van der Waals surface area contributed by atoms with E-state index in [1.54, 1.807) is 0 Å². The van der Waals surface area contributed by atoms with Gasteiger partial charge in [0.1, 0.15) is 0 Å². The van der Waals surface area contributed by atoms with Gasteiger partial charge in [-0.25, -0.2) is 4.98 Å². The highest BCUT2D eigenvalue weighted by Gasteiger charge is 1.95. The molecule has 2 rings (SSSR count). The van der Waals surface area contributed by atoms with Gasteiger partial charge in [0.2, 0.25) is 0 Å². The lowest BCUT2D eigenvalue weighted by Gasteiger charge is -2.00. The molecule has 0 fully saturated rings. The molecule has 0 aliphatic carbocycles. The second kappa shape index (κ2) is 4.49. The average molecular weight is 230 g/mol. The van der Waals surface area contributed by atoms with Crippen LogP contribution in [-0.2, 0) is 0 Å². The van der Waals surface area contributed by atoms with Crippen LogP contribution in [0.3, 0.4) is 0 Å². The van der Waals surface area contributed by atoms with Crippen LogP contribution in [0.15, 0.2) is 23.6 Å². The van der Waals surface area contributed by atoms with Crippen molar-refractivity contribution in [3.8, 4) is 0 Å². The molecule has 0 aliphatic rings. The fourth-order valence-corrected chi connectivity index (χ4v) is 1.96. The van der Waals surface area contributed by atoms with Crippen molar-refractivity contribution >= 4 is 28.6 Å².